The average molecular weight is 303 g/mol. The van der Waals surface area contributed by atoms with Crippen LogP contribution in [-0.4, -0.2) is 44.7 Å². The molecule has 2 amide bonds. The molecule has 0 aromatic carbocycles. The lowest BCUT2D eigenvalue weighted by Gasteiger charge is -2.25. The Morgan fingerprint density at radius 3 is 2.82 bits per heavy atom. The summed E-state index contributed by atoms with van der Waals surface area (Å²) >= 11 is 0. The van der Waals surface area contributed by atoms with E-state index in [-0.39, 0.29) is 36.1 Å². The van der Waals surface area contributed by atoms with Crippen LogP contribution in [0.15, 0.2) is 22.9 Å². The quantitative estimate of drug-likeness (QED) is 0.887. The van der Waals surface area contributed by atoms with Crippen LogP contribution in [0.1, 0.15) is 34.4 Å². The van der Waals surface area contributed by atoms with Crippen LogP contribution in [0.25, 0.3) is 0 Å². The summed E-state index contributed by atoms with van der Waals surface area (Å²) in [5.41, 5.74) is 1.50. The van der Waals surface area contributed by atoms with Crippen LogP contribution >= 0.6 is 0 Å². The highest BCUT2D eigenvalue weighted by atomic mass is 16.5. The van der Waals surface area contributed by atoms with Crippen molar-refractivity contribution in [1.29, 1.82) is 0 Å². The molecule has 1 aliphatic heterocycles. The van der Waals surface area contributed by atoms with Gasteiger partial charge in [0, 0.05) is 32.8 Å². The Morgan fingerprint density at radius 2 is 2.23 bits per heavy atom. The van der Waals surface area contributed by atoms with Crippen molar-refractivity contribution in [2.75, 3.05) is 7.05 Å². The molecule has 0 aliphatic carbocycles. The van der Waals surface area contributed by atoms with Crippen molar-refractivity contribution in [2.45, 2.75) is 25.4 Å². The monoisotopic (exact) mass is 303 g/mol. The van der Waals surface area contributed by atoms with Gasteiger partial charge in [0.25, 0.3) is 5.91 Å². The summed E-state index contributed by atoms with van der Waals surface area (Å²) < 4.78 is 6.67. The summed E-state index contributed by atoms with van der Waals surface area (Å²) in [5.74, 6) is -0.255. The highest BCUT2D eigenvalue weighted by molar-refractivity contribution is 5.92. The van der Waals surface area contributed by atoms with E-state index in [4.69, 9.17) is 4.52 Å². The molecule has 0 spiro atoms. The summed E-state index contributed by atoms with van der Waals surface area (Å²) in [7, 11) is 3.54. The molecule has 8 heteroatoms. The molecule has 8 nitrogen and oxygen atoms in total. The van der Waals surface area contributed by atoms with Gasteiger partial charge in [-0.15, -0.1) is 0 Å². The van der Waals surface area contributed by atoms with Crippen molar-refractivity contribution in [2.24, 2.45) is 7.05 Å². The Labute approximate surface area is 127 Å². The number of aryl methyl sites for hydroxylation is 2. The Morgan fingerprint density at radius 1 is 1.45 bits per heavy atom. The standard InChI is InChI=1S/C14H17N5O3/c1-8-6-11(22-17-8)14(21)16-9-7-12(20)18(2)13(9)10-4-5-15-19(10)3/h4-6,9,13H,7H2,1-3H3,(H,16,21)/t9-,13-/m1/s1. The molecule has 0 bridgehead atoms. The van der Waals surface area contributed by atoms with Crippen LogP contribution in [0.2, 0.25) is 0 Å². The fourth-order valence-corrected chi connectivity index (χ4v) is 2.79. The maximum absolute atomic E-state index is 12.2. The Bertz CT molecular complexity index is 720. The first-order valence-electron chi connectivity index (χ1n) is 6.95. The SMILES string of the molecule is Cc1cc(C(=O)N[C@@H]2CC(=O)N(C)[C@H]2c2ccnn2C)on1. The lowest BCUT2D eigenvalue weighted by Crippen LogP contribution is -2.39. The van der Waals surface area contributed by atoms with E-state index in [1.54, 1.807) is 35.8 Å². The van der Waals surface area contributed by atoms with Crippen LogP contribution in [0.3, 0.4) is 0 Å². The molecular weight excluding hydrogens is 286 g/mol. The van der Waals surface area contributed by atoms with Crippen molar-refractivity contribution >= 4 is 11.8 Å². The lowest BCUT2D eigenvalue weighted by molar-refractivity contribution is -0.127. The zero-order chi connectivity index (χ0) is 15.9. The highest BCUT2D eigenvalue weighted by Crippen LogP contribution is 2.31. The Balaban J connectivity index is 1.84. The maximum Gasteiger partial charge on any atom is 0.290 e. The predicted octanol–water partition coefficient (Wildman–Crippen LogP) is 0.418. The van der Waals surface area contributed by atoms with Gasteiger partial charge < -0.3 is 14.7 Å². The Hall–Kier alpha value is -2.64. The maximum atomic E-state index is 12.2. The molecule has 2 atom stereocenters. The second-order valence-electron chi connectivity index (χ2n) is 5.45. The van der Waals surface area contributed by atoms with E-state index in [0.29, 0.717) is 5.69 Å². The number of likely N-dealkylation sites (tertiary alicyclic amines) is 1. The molecule has 3 rings (SSSR count). The van der Waals surface area contributed by atoms with Crippen LogP contribution in [0, 0.1) is 6.92 Å². The highest BCUT2D eigenvalue weighted by Gasteiger charge is 2.41. The summed E-state index contributed by atoms with van der Waals surface area (Å²) in [4.78, 5) is 25.9. The largest absolute Gasteiger partial charge is 0.351 e. The predicted molar refractivity (Wildman–Crippen MR) is 75.8 cm³/mol. The first kappa shape index (κ1) is 14.3. The zero-order valence-corrected chi connectivity index (χ0v) is 12.6. The first-order chi connectivity index (χ1) is 10.5. The molecule has 1 N–H and O–H groups in total. The number of nitrogens with one attached hydrogen (secondary N) is 1. The number of amides is 2. The third-order valence-electron chi connectivity index (χ3n) is 3.92. The molecular formula is C14H17N5O3. The number of aromatic nitrogens is 3. The number of rotatable bonds is 3. The van der Waals surface area contributed by atoms with E-state index in [0.717, 1.165) is 5.69 Å². The zero-order valence-electron chi connectivity index (χ0n) is 12.6. The summed E-state index contributed by atoms with van der Waals surface area (Å²) in [5, 5.41) is 10.7. The molecule has 2 aromatic heterocycles. The molecule has 2 aromatic rings. The van der Waals surface area contributed by atoms with Gasteiger partial charge >= 0.3 is 0 Å². The second-order valence-corrected chi connectivity index (χ2v) is 5.45. The molecule has 1 aliphatic rings. The summed E-state index contributed by atoms with van der Waals surface area (Å²) in [6.07, 6.45) is 1.91. The van der Waals surface area contributed by atoms with Crippen molar-refractivity contribution in [1.82, 2.24) is 25.2 Å². The van der Waals surface area contributed by atoms with E-state index >= 15 is 0 Å². The van der Waals surface area contributed by atoms with Gasteiger partial charge in [-0.3, -0.25) is 14.3 Å². The molecule has 0 saturated carbocycles. The molecule has 1 fully saturated rings. The second kappa shape index (κ2) is 5.28. The summed E-state index contributed by atoms with van der Waals surface area (Å²) in [6, 6.07) is 2.81. The van der Waals surface area contributed by atoms with Gasteiger partial charge in [-0.05, 0) is 13.0 Å². The third-order valence-corrected chi connectivity index (χ3v) is 3.92. The van der Waals surface area contributed by atoms with E-state index in [2.05, 4.69) is 15.6 Å². The van der Waals surface area contributed by atoms with Crippen LogP contribution in [0.5, 0.6) is 0 Å². The van der Waals surface area contributed by atoms with E-state index in [1.165, 1.54) is 0 Å². The fourth-order valence-electron chi connectivity index (χ4n) is 2.79. The van der Waals surface area contributed by atoms with Crippen LogP contribution in [-0.2, 0) is 11.8 Å². The molecule has 0 unspecified atom stereocenters. The lowest BCUT2D eigenvalue weighted by atomic mass is 10.1. The smallest absolute Gasteiger partial charge is 0.290 e. The van der Waals surface area contributed by atoms with Gasteiger partial charge in [-0.2, -0.15) is 5.10 Å². The van der Waals surface area contributed by atoms with Gasteiger partial charge in [0.1, 0.15) is 0 Å². The number of carbonyl (C=O) groups is 2. The molecule has 22 heavy (non-hydrogen) atoms. The van der Waals surface area contributed by atoms with E-state index < -0.39 is 0 Å². The third kappa shape index (κ3) is 2.36. The van der Waals surface area contributed by atoms with E-state index in [9.17, 15) is 9.59 Å². The van der Waals surface area contributed by atoms with Gasteiger partial charge in [-0.25, -0.2) is 0 Å². The van der Waals surface area contributed by atoms with Crippen molar-refractivity contribution < 1.29 is 14.1 Å². The van der Waals surface area contributed by atoms with Crippen molar-refractivity contribution in [3.63, 3.8) is 0 Å². The van der Waals surface area contributed by atoms with Crippen LogP contribution < -0.4 is 5.32 Å². The number of likely N-dealkylation sites (N-methyl/N-ethyl adjacent to an activating group) is 1. The minimum absolute atomic E-state index is 0.0229. The van der Waals surface area contributed by atoms with Gasteiger partial charge in [0.05, 0.1) is 23.5 Å². The molecule has 0 radical (unpaired) electrons. The number of nitrogens with zero attached hydrogens (tertiary/aromatic N) is 4. The minimum atomic E-state index is -0.374. The van der Waals surface area contributed by atoms with Gasteiger partial charge in [0.2, 0.25) is 11.7 Å². The molecule has 116 valence electrons. The van der Waals surface area contributed by atoms with Crippen molar-refractivity contribution in [3.8, 4) is 0 Å². The normalized spacial score (nSPS) is 21.4. The number of carbonyl (C=O) groups excluding carboxylic acids is 2. The molecule has 1 saturated heterocycles. The van der Waals surface area contributed by atoms with Crippen molar-refractivity contribution in [3.05, 3.63) is 35.5 Å². The van der Waals surface area contributed by atoms with E-state index in [1.807, 2.05) is 13.1 Å². The fraction of sp³-hybridized carbons (Fsp3) is 0.429. The molecule has 3 heterocycles. The van der Waals surface area contributed by atoms with Gasteiger partial charge in [-0.1, -0.05) is 5.16 Å². The van der Waals surface area contributed by atoms with Gasteiger partial charge in [0.15, 0.2) is 0 Å². The van der Waals surface area contributed by atoms with Crippen LogP contribution in [0.4, 0.5) is 0 Å². The number of hydrogen-bond acceptors (Lipinski definition) is 5. The summed E-state index contributed by atoms with van der Waals surface area (Å²) in [6.45, 7) is 1.74. The topological polar surface area (TPSA) is 93.3 Å². The first-order valence-corrected chi connectivity index (χ1v) is 6.95. The number of hydrogen-bond donors (Lipinski definition) is 1. The Kier molecular flexibility index (Phi) is 3.44. The average Bonchev–Trinajstić information content (AvgIpc) is 3.13. The minimum Gasteiger partial charge on any atom is -0.351 e.